The van der Waals surface area contributed by atoms with Crippen molar-refractivity contribution in [3.63, 3.8) is 0 Å². The van der Waals surface area contributed by atoms with Crippen molar-refractivity contribution in [3.8, 4) is 11.4 Å². The topological polar surface area (TPSA) is 64.9 Å². The molecule has 0 radical (unpaired) electrons. The van der Waals surface area contributed by atoms with E-state index in [1.165, 1.54) is 0 Å². The van der Waals surface area contributed by atoms with Gasteiger partial charge in [0.2, 0.25) is 11.7 Å². The maximum atomic E-state index is 6.03. The van der Waals surface area contributed by atoms with Crippen LogP contribution in [0.1, 0.15) is 26.2 Å². The van der Waals surface area contributed by atoms with Gasteiger partial charge in [0.25, 0.3) is 0 Å². The molecule has 0 saturated heterocycles. The average molecular weight is 280 g/mol. The molecule has 0 aliphatic carbocycles. The number of nitrogens with zero attached hydrogens (tertiary/aromatic N) is 2. The summed E-state index contributed by atoms with van der Waals surface area (Å²) in [5.74, 6) is 1.68. The van der Waals surface area contributed by atoms with Crippen molar-refractivity contribution in [3.05, 3.63) is 35.2 Å². The zero-order valence-corrected chi connectivity index (χ0v) is 11.9. The molecular weight excluding hydrogens is 262 g/mol. The SMILES string of the molecule is CC(C)CC(N)Cc1nc(-c2cccc(Cl)c2)no1. The van der Waals surface area contributed by atoms with Crippen LogP contribution in [0.5, 0.6) is 0 Å². The van der Waals surface area contributed by atoms with Gasteiger partial charge >= 0.3 is 0 Å². The maximum Gasteiger partial charge on any atom is 0.228 e. The highest BCUT2D eigenvalue weighted by Crippen LogP contribution is 2.20. The number of hydrogen-bond donors (Lipinski definition) is 1. The number of rotatable bonds is 5. The summed E-state index contributed by atoms with van der Waals surface area (Å²) in [7, 11) is 0. The van der Waals surface area contributed by atoms with Crippen molar-refractivity contribution < 1.29 is 4.52 Å². The van der Waals surface area contributed by atoms with Crippen LogP contribution in [-0.4, -0.2) is 16.2 Å². The van der Waals surface area contributed by atoms with Crippen molar-refractivity contribution >= 4 is 11.6 Å². The molecule has 1 aromatic heterocycles. The minimum Gasteiger partial charge on any atom is -0.339 e. The molecule has 1 heterocycles. The minimum absolute atomic E-state index is 0.0488. The molecule has 2 N–H and O–H groups in total. The predicted molar refractivity (Wildman–Crippen MR) is 75.9 cm³/mol. The van der Waals surface area contributed by atoms with Gasteiger partial charge in [-0.05, 0) is 24.5 Å². The van der Waals surface area contributed by atoms with Crippen LogP contribution < -0.4 is 5.73 Å². The van der Waals surface area contributed by atoms with Crippen LogP contribution in [-0.2, 0) is 6.42 Å². The lowest BCUT2D eigenvalue weighted by atomic mass is 10.0. The van der Waals surface area contributed by atoms with Gasteiger partial charge in [0.05, 0.1) is 0 Å². The molecular formula is C14H18ClN3O. The van der Waals surface area contributed by atoms with Crippen LogP contribution in [0.2, 0.25) is 5.02 Å². The molecule has 1 unspecified atom stereocenters. The van der Waals surface area contributed by atoms with Gasteiger partial charge in [-0.2, -0.15) is 4.98 Å². The van der Waals surface area contributed by atoms with Gasteiger partial charge in [-0.15, -0.1) is 0 Å². The van der Waals surface area contributed by atoms with Crippen LogP contribution in [0, 0.1) is 5.92 Å². The highest BCUT2D eigenvalue weighted by Gasteiger charge is 2.13. The van der Waals surface area contributed by atoms with Crippen LogP contribution in [0.3, 0.4) is 0 Å². The molecule has 5 heteroatoms. The first-order valence-electron chi connectivity index (χ1n) is 6.38. The summed E-state index contributed by atoms with van der Waals surface area (Å²) in [5.41, 5.74) is 6.88. The first-order chi connectivity index (χ1) is 9.04. The van der Waals surface area contributed by atoms with E-state index in [2.05, 4.69) is 24.0 Å². The normalized spacial score (nSPS) is 12.9. The third-order valence-electron chi connectivity index (χ3n) is 2.76. The Kier molecular flexibility index (Phi) is 4.56. The molecule has 0 saturated carbocycles. The number of halogens is 1. The molecule has 19 heavy (non-hydrogen) atoms. The van der Waals surface area contributed by atoms with E-state index in [1.54, 1.807) is 0 Å². The van der Waals surface area contributed by atoms with Gasteiger partial charge in [0.15, 0.2) is 0 Å². The first kappa shape index (κ1) is 14.0. The third-order valence-corrected chi connectivity index (χ3v) is 3.00. The molecule has 1 aromatic carbocycles. The van der Waals surface area contributed by atoms with E-state index < -0.39 is 0 Å². The van der Waals surface area contributed by atoms with Crippen molar-refractivity contribution in [2.24, 2.45) is 11.7 Å². The summed E-state index contributed by atoms with van der Waals surface area (Å²) in [6.45, 7) is 4.29. The van der Waals surface area contributed by atoms with Crippen molar-refractivity contribution in [1.29, 1.82) is 0 Å². The fourth-order valence-electron chi connectivity index (χ4n) is 2.00. The molecule has 0 spiro atoms. The Hall–Kier alpha value is -1.39. The van der Waals surface area contributed by atoms with E-state index in [9.17, 15) is 0 Å². The van der Waals surface area contributed by atoms with Gasteiger partial charge < -0.3 is 10.3 Å². The smallest absolute Gasteiger partial charge is 0.228 e. The fraction of sp³-hybridized carbons (Fsp3) is 0.429. The number of benzene rings is 1. The Balaban J connectivity index is 2.07. The Morgan fingerprint density at radius 1 is 1.37 bits per heavy atom. The highest BCUT2D eigenvalue weighted by molar-refractivity contribution is 6.30. The molecule has 0 aliphatic heterocycles. The van der Waals surface area contributed by atoms with Crippen molar-refractivity contribution in [2.45, 2.75) is 32.7 Å². The summed E-state index contributed by atoms with van der Waals surface area (Å²) in [6.07, 6.45) is 1.54. The number of hydrogen-bond acceptors (Lipinski definition) is 4. The molecule has 0 fully saturated rings. The molecule has 2 rings (SSSR count). The van der Waals surface area contributed by atoms with Crippen LogP contribution in [0.4, 0.5) is 0 Å². The lowest BCUT2D eigenvalue weighted by Crippen LogP contribution is -2.24. The molecule has 0 bridgehead atoms. The Morgan fingerprint density at radius 3 is 2.84 bits per heavy atom. The van der Waals surface area contributed by atoms with Gasteiger partial charge in [0.1, 0.15) is 0 Å². The van der Waals surface area contributed by atoms with E-state index in [-0.39, 0.29) is 6.04 Å². The second kappa shape index (κ2) is 6.17. The Morgan fingerprint density at radius 2 is 2.16 bits per heavy atom. The summed E-state index contributed by atoms with van der Waals surface area (Å²) < 4.78 is 5.23. The first-order valence-corrected chi connectivity index (χ1v) is 6.76. The van der Waals surface area contributed by atoms with Gasteiger partial charge in [-0.1, -0.05) is 42.7 Å². The molecule has 0 amide bonds. The Labute approximate surface area is 118 Å². The molecule has 1 atom stereocenters. The second-order valence-electron chi connectivity index (χ2n) is 5.12. The number of aromatic nitrogens is 2. The fourth-order valence-corrected chi connectivity index (χ4v) is 2.19. The largest absolute Gasteiger partial charge is 0.339 e. The quantitative estimate of drug-likeness (QED) is 0.912. The van der Waals surface area contributed by atoms with Crippen LogP contribution in [0.15, 0.2) is 28.8 Å². The van der Waals surface area contributed by atoms with Crippen molar-refractivity contribution in [2.75, 3.05) is 0 Å². The monoisotopic (exact) mass is 279 g/mol. The second-order valence-corrected chi connectivity index (χ2v) is 5.55. The Bertz CT molecular complexity index is 539. The van der Waals surface area contributed by atoms with Gasteiger partial charge in [0, 0.05) is 23.0 Å². The van der Waals surface area contributed by atoms with E-state index in [0.29, 0.717) is 29.1 Å². The average Bonchev–Trinajstić information content (AvgIpc) is 2.76. The summed E-state index contributed by atoms with van der Waals surface area (Å²) >= 11 is 5.94. The molecule has 2 aromatic rings. The standard InChI is InChI=1S/C14H18ClN3O/c1-9(2)6-12(16)8-13-17-14(18-19-13)10-4-3-5-11(15)7-10/h3-5,7,9,12H,6,8,16H2,1-2H3. The molecule has 0 aliphatic rings. The highest BCUT2D eigenvalue weighted by atomic mass is 35.5. The van der Waals surface area contributed by atoms with E-state index in [4.69, 9.17) is 21.9 Å². The van der Waals surface area contributed by atoms with Crippen molar-refractivity contribution in [1.82, 2.24) is 10.1 Å². The van der Waals surface area contributed by atoms with Gasteiger partial charge in [-0.3, -0.25) is 0 Å². The lowest BCUT2D eigenvalue weighted by molar-refractivity contribution is 0.359. The van der Waals surface area contributed by atoms with E-state index in [0.717, 1.165) is 12.0 Å². The third kappa shape index (κ3) is 4.04. The summed E-state index contributed by atoms with van der Waals surface area (Å²) in [5, 5.41) is 4.61. The molecule has 102 valence electrons. The van der Waals surface area contributed by atoms with E-state index in [1.807, 2.05) is 24.3 Å². The maximum absolute atomic E-state index is 6.03. The molecule has 4 nitrogen and oxygen atoms in total. The van der Waals surface area contributed by atoms with E-state index >= 15 is 0 Å². The van der Waals surface area contributed by atoms with Crippen LogP contribution in [0.25, 0.3) is 11.4 Å². The summed E-state index contributed by atoms with van der Waals surface area (Å²) in [6, 6.07) is 7.43. The predicted octanol–water partition coefficient (Wildman–Crippen LogP) is 3.31. The zero-order chi connectivity index (χ0) is 13.8. The lowest BCUT2D eigenvalue weighted by Gasteiger charge is -2.10. The van der Waals surface area contributed by atoms with Crippen LogP contribution >= 0.6 is 11.6 Å². The summed E-state index contributed by atoms with van der Waals surface area (Å²) in [4.78, 5) is 4.35. The number of nitrogens with two attached hydrogens (primary N) is 1. The van der Waals surface area contributed by atoms with Gasteiger partial charge in [-0.25, -0.2) is 0 Å². The zero-order valence-electron chi connectivity index (χ0n) is 11.1. The minimum atomic E-state index is 0.0488.